The summed E-state index contributed by atoms with van der Waals surface area (Å²) in [5, 5.41) is 9.93. The first-order chi connectivity index (χ1) is 15.2. The minimum Gasteiger partial charge on any atom is -0.369 e. The smallest absolute Gasteiger partial charge is 0.319 e. The summed E-state index contributed by atoms with van der Waals surface area (Å²) in [5.41, 5.74) is 2.23. The van der Waals surface area contributed by atoms with Gasteiger partial charge in [0.1, 0.15) is 0 Å². The largest absolute Gasteiger partial charge is 0.369 e. The Morgan fingerprint density at radius 2 is 1.90 bits per heavy atom. The van der Waals surface area contributed by atoms with Crippen molar-refractivity contribution in [2.45, 2.75) is 18.9 Å². The highest BCUT2D eigenvalue weighted by atomic mass is 32.1. The molecule has 6 rings (SSSR count). The molecule has 7 heteroatoms. The lowest BCUT2D eigenvalue weighted by atomic mass is 9.75. The Hall–Kier alpha value is -2.09. The summed E-state index contributed by atoms with van der Waals surface area (Å²) >= 11 is 1.59. The maximum atomic E-state index is 12.2. The van der Waals surface area contributed by atoms with Crippen LogP contribution in [-0.2, 0) is 0 Å². The summed E-state index contributed by atoms with van der Waals surface area (Å²) in [5.74, 6) is 1.57. The number of anilines is 2. The van der Waals surface area contributed by atoms with Crippen molar-refractivity contribution in [2.24, 2.45) is 11.8 Å². The van der Waals surface area contributed by atoms with Crippen LogP contribution in [-0.4, -0.2) is 74.2 Å². The maximum absolute atomic E-state index is 12.2. The average molecular weight is 440 g/mol. The molecule has 2 amide bonds. The fourth-order valence-corrected chi connectivity index (χ4v) is 6.14. The number of hydrogen-bond acceptors (Lipinski definition) is 5. The van der Waals surface area contributed by atoms with E-state index in [9.17, 15) is 4.79 Å². The molecule has 0 saturated carbocycles. The molecule has 2 N–H and O–H groups in total. The second kappa shape index (κ2) is 9.59. The first-order valence-corrected chi connectivity index (χ1v) is 12.5. The molecule has 1 aromatic heterocycles. The van der Waals surface area contributed by atoms with Gasteiger partial charge in [-0.05, 0) is 54.8 Å². The van der Waals surface area contributed by atoms with E-state index in [4.69, 9.17) is 0 Å². The highest BCUT2D eigenvalue weighted by Gasteiger charge is 2.40. The quantitative estimate of drug-likeness (QED) is 0.724. The Kier molecular flexibility index (Phi) is 6.43. The van der Waals surface area contributed by atoms with Crippen LogP contribution in [0.4, 0.5) is 16.2 Å². The van der Waals surface area contributed by atoms with Crippen molar-refractivity contribution in [1.82, 2.24) is 15.1 Å². The van der Waals surface area contributed by atoms with Crippen molar-refractivity contribution in [3.8, 4) is 0 Å². The molecule has 2 bridgehead atoms. The number of carbonyl (C=O) groups excluding carboxylic acids is 1. The van der Waals surface area contributed by atoms with E-state index in [1.165, 1.54) is 38.2 Å². The Balaban J connectivity index is 1.06. The van der Waals surface area contributed by atoms with Crippen LogP contribution in [0.3, 0.4) is 0 Å². The predicted molar refractivity (Wildman–Crippen MR) is 128 cm³/mol. The third kappa shape index (κ3) is 5.05. The number of nitrogens with one attached hydrogen (secondary N) is 2. The van der Waals surface area contributed by atoms with Gasteiger partial charge in [-0.3, -0.25) is 9.80 Å². The van der Waals surface area contributed by atoms with E-state index in [-0.39, 0.29) is 6.03 Å². The number of hydrogen-bond donors (Lipinski definition) is 2. The molecule has 6 nitrogen and oxygen atoms in total. The monoisotopic (exact) mass is 439 g/mol. The van der Waals surface area contributed by atoms with E-state index in [2.05, 4.69) is 55.7 Å². The van der Waals surface area contributed by atoms with Crippen molar-refractivity contribution in [2.75, 3.05) is 62.6 Å². The van der Waals surface area contributed by atoms with Crippen LogP contribution in [0.15, 0.2) is 47.2 Å². The van der Waals surface area contributed by atoms with Crippen LogP contribution in [0, 0.1) is 11.8 Å². The van der Waals surface area contributed by atoms with Gasteiger partial charge in [-0.15, -0.1) is 0 Å². The van der Waals surface area contributed by atoms with Gasteiger partial charge in [-0.2, -0.15) is 11.3 Å². The van der Waals surface area contributed by atoms with Gasteiger partial charge in [0.2, 0.25) is 0 Å². The summed E-state index contributed by atoms with van der Waals surface area (Å²) in [6.07, 6.45) is 2.53. The second-order valence-corrected chi connectivity index (χ2v) is 9.94. The van der Waals surface area contributed by atoms with Crippen molar-refractivity contribution in [3.63, 3.8) is 0 Å². The first-order valence-electron chi connectivity index (χ1n) is 11.6. The number of urea groups is 1. The zero-order chi connectivity index (χ0) is 21.0. The lowest BCUT2D eigenvalue weighted by Crippen LogP contribution is -2.59. The number of rotatable bonds is 6. The van der Waals surface area contributed by atoms with Gasteiger partial charge in [-0.1, -0.05) is 18.2 Å². The Labute approximate surface area is 189 Å². The Morgan fingerprint density at radius 1 is 1.06 bits per heavy atom. The van der Waals surface area contributed by atoms with Gasteiger partial charge in [0, 0.05) is 62.9 Å². The third-order valence-electron chi connectivity index (χ3n) is 7.28. The third-order valence-corrected chi connectivity index (χ3v) is 7.96. The molecule has 166 valence electrons. The Bertz CT molecular complexity index is 837. The molecular formula is C24H33N5OS. The van der Waals surface area contributed by atoms with Crippen LogP contribution in [0.2, 0.25) is 0 Å². The van der Waals surface area contributed by atoms with Crippen LogP contribution in [0.5, 0.6) is 0 Å². The van der Waals surface area contributed by atoms with E-state index in [1.807, 2.05) is 16.8 Å². The van der Waals surface area contributed by atoms with Crippen LogP contribution in [0.1, 0.15) is 12.8 Å². The summed E-state index contributed by atoms with van der Waals surface area (Å²) in [6, 6.07) is 13.1. The van der Waals surface area contributed by atoms with E-state index in [1.54, 1.807) is 11.3 Å². The van der Waals surface area contributed by atoms with Crippen molar-refractivity contribution in [3.05, 3.63) is 47.2 Å². The van der Waals surface area contributed by atoms with Gasteiger partial charge in [0.25, 0.3) is 0 Å². The lowest BCUT2D eigenvalue weighted by Gasteiger charge is -2.51. The minimum atomic E-state index is -0.0890. The second-order valence-electron chi connectivity index (χ2n) is 9.16. The first kappa shape index (κ1) is 20.8. The van der Waals surface area contributed by atoms with Crippen LogP contribution < -0.4 is 15.5 Å². The number of nitrogens with zero attached hydrogens (tertiary/aromatic N) is 3. The Morgan fingerprint density at radius 3 is 2.61 bits per heavy atom. The maximum Gasteiger partial charge on any atom is 0.319 e. The van der Waals surface area contributed by atoms with Gasteiger partial charge in [0.15, 0.2) is 0 Å². The lowest BCUT2D eigenvalue weighted by molar-refractivity contribution is -0.0114. The zero-order valence-corrected chi connectivity index (χ0v) is 18.9. The molecule has 4 atom stereocenters. The minimum absolute atomic E-state index is 0.0890. The molecule has 5 heterocycles. The van der Waals surface area contributed by atoms with Crippen molar-refractivity contribution >= 4 is 28.7 Å². The van der Waals surface area contributed by atoms with E-state index in [0.717, 1.165) is 50.2 Å². The highest BCUT2D eigenvalue weighted by Crippen LogP contribution is 2.36. The number of para-hydroxylation sites is 1. The standard InChI is InChI=1S/C24H33N5OS/c30-24(26-21-7-13-31-18-21)25-15-23-14-19-6-8-29(23)17-20(19)16-27-9-11-28(12-10-27)22-4-2-1-3-5-22/h1-5,7,13,18-20,23H,6,8-12,14-17H2,(H2,25,26,30)/t19-,20-,23+/m0/s1. The van der Waals surface area contributed by atoms with Crippen LogP contribution >= 0.6 is 11.3 Å². The molecule has 2 aromatic rings. The molecule has 4 aliphatic heterocycles. The van der Waals surface area contributed by atoms with Crippen LogP contribution in [0.25, 0.3) is 0 Å². The highest BCUT2D eigenvalue weighted by molar-refractivity contribution is 7.08. The summed E-state index contributed by atoms with van der Waals surface area (Å²) in [4.78, 5) is 20.0. The number of piperidine rings is 3. The molecule has 1 aromatic carbocycles. The molecule has 0 spiro atoms. The molecular weight excluding hydrogens is 406 g/mol. The molecule has 4 fully saturated rings. The number of carbonyl (C=O) groups is 1. The molecule has 0 aliphatic carbocycles. The molecule has 4 saturated heterocycles. The average Bonchev–Trinajstić information content (AvgIpc) is 3.32. The zero-order valence-electron chi connectivity index (χ0n) is 18.1. The van der Waals surface area contributed by atoms with Gasteiger partial charge in [-0.25, -0.2) is 4.79 Å². The summed E-state index contributed by atoms with van der Waals surface area (Å²) in [7, 11) is 0. The fraction of sp³-hybridized carbons (Fsp3) is 0.542. The van der Waals surface area contributed by atoms with Gasteiger partial charge < -0.3 is 15.5 Å². The molecule has 4 aliphatic rings. The number of amides is 2. The fourth-order valence-electron chi connectivity index (χ4n) is 5.55. The normalized spacial score (nSPS) is 28.5. The number of piperazine rings is 1. The molecule has 1 unspecified atom stereocenters. The number of thiophene rings is 1. The van der Waals surface area contributed by atoms with Gasteiger partial charge in [0.05, 0.1) is 5.69 Å². The number of benzene rings is 1. The van der Waals surface area contributed by atoms with Crippen molar-refractivity contribution in [1.29, 1.82) is 0 Å². The van der Waals surface area contributed by atoms with E-state index < -0.39 is 0 Å². The summed E-state index contributed by atoms with van der Waals surface area (Å²) < 4.78 is 0. The topological polar surface area (TPSA) is 50.9 Å². The predicted octanol–water partition coefficient (Wildman–Crippen LogP) is 3.40. The molecule has 0 radical (unpaired) electrons. The van der Waals surface area contributed by atoms with E-state index >= 15 is 0 Å². The van der Waals surface area contributed by atoms with Gasteiger partial charge >= 0.3 is 6.03 Å². The SMILES string of the molecule is O=C(NC[C@H]1C[C@@H]2CCN1C[C@@H]2CN1CCN(c2ccccc2)CC1)Nc1ccsc1. The molecule has 31 heavy (non-hydrogen) atoms. The van der Waals surface area contributed by atoms with Crippen molar-refractivity contribution < 1.29 is 4.79 Å². The van der Waals surface area contributed by atoms with E-state index in [0.29, 0.717) is 6.04 Å². The number of fused-ring (bicyclic) bond motifs is 3. The summed E-state index contributed by atoms with van der Waals surface area (Å²) in [6.45, 7) is 8.90.